The monoisotopic (exact) mass is 448 g/mol. The number of tetrazole rings is 1. The van der Waals surface area contributed by atoms with Crippen molar-refractivity contribution in [1.29, 1.82) is 0 Å². The van der Waals surface area contributed by atoms with E-state index in [1.807, 2.05) is 6.07 Å². The molecule has 1 aliphatic heterocycles. The Labute approximate surface area is 187 Å². The molecule has 168 valence electrons. The standard InChI is InChI=1S/C22H20N6O5/c29-20(10-2-14-1-9-18-19(11-14)33-13-32-18)23-16-5-7-17(8-6-16)28-22(31)27(25-26-28)12-21(30)24-15-3-4-15/h1-2,5-11,15H,3-4,12-13H2,(H,23,29)(H,24,30)/b10-2+. The van der Waals surface area contributed by atoms with Gasteiger partial charge in [-0.3, -0.25) is 9.59 Å². The number of anilines is 1. The van der Waals surface area contributed by atoms with E-state index >= 15 is 0 Å². The molecule has 0 spiro atoms. The summed E-state index contributed by atoms with van der Waals surface area (Å²) in [6.45, 7) is 0.0103. The molecule has 3 aromatic rings. The quantitative estimate of drug-likeness (QED) is 0.518. The Morgan fingerprint density at radius 1 is 1.06 bits per heavy atom. The van der Waals surface area contributed by atoms with Crippen molar-refractivity contribution in [2.75, 3.05) is 12.1 Å². The van der Waals surface area contributed by atoms with Crippen LogP contribution in [-0.2, 0) is 16.1 Å². The van der Waals surface area contributed by atoms with Crippen molar-refractivity contribution in [1.82, 2.24) is 25.1 Å². The molecule has 2 heterocycles. The summed E-state index contributed by atoms with van der Waals surface area (Å²) >= 11 is 0. The zero-order valence-electron chi connectivity index (χ0n) is 17.4. The number of aromatic nitrogens is 4. The third kappa shape index (κ3) is 4.76. The number of carbonyl (C=O) groups excluding carboxylic acids is 2. The lowest BCUT2D eigenvalue weighted by Crippen LogP contribution is -2.34. The van der Waals surface area contributed by atoms with E-state index in [1.165, 1.54) is 6.08 Å². The molecule has 1 fully saturated rings. The Bertz CT molecular complexity index is 1290. The number of hydrogen-bond acceptors (Lipinski definition) is 7. The smallest absolute Gasteiger partial charge is 0.368 e. The van der Waals surface area contributed by atoms with Crippen molar-refractivity contribution in [3.8, 4) is 17.2 Å². The average molecular weight is 448 g/mol. The van der Waals surface area contributed by atoms with Crippen LogP contribution in [0, 0.1) is 0 Å². The zero-order chi connectivity index (χ0) is 22.8. The van der Waals surface area contributed by atoms with Crippen LogP contribution in [0.2, 0.25) is 0 Å². The fraction of sp³-hybridized carbons (Fsp3) is 0.227. The number of hydrogen-bond donors (Lipinski definition) is 2. The third-order valence-electron chi connectivity index (χ3n) is 5.08. The highest BCUT2D eigenvalue weighted by atomic mass is 16.7. The van der Waals surface area contributed by atoms with Crippen LogP contribution in [0.25, 0.3) is 11.8 Å². The molecule has 11 heteroatoms. The third-order valence-corrected chi connectivity index (χ3v) is 5.08. The van der Waals surface area contributed by atoms with Crippen LogP contribution >= 0.6 is 0 Å². The van der Waals surface area contributed by atoms with Crippen molar-refractivity contribution in [3.63, 3.8) is 0 Å². The van der Waals surface area contributed by atoms with Gasteiger partial charge in [-0.25, -0.2) is 4.79 Å². The highest BCUT2D eigenvalue weighted by molar-refractivity contribution is 6.02. The van der Waals surface area contributed by atoms with Gasteiger partial charge in [0.05, 0.1) is 5.69 Å². The molecule has 1 aromatic heterocycles. The molecule has 2 aromatic carbocycles. The summed E-state index contributed by atoms with van der Waals surface area (Å²) in [4.78, 5) is 36.6. The van der Waals surface area contributed by atoms with Crippen LogP contribution in [0.4, 0.5) is 5.69 Å². The minimum atomic E-state index is -0.524. The van der Waals surface area contributed by atoms with E-state index in [4.69, 9.17) is 9.47 Å². The maximum atomic E-state index is 12.5. The summed E-state index contributed by atoms with van der Waals surface area (Å²) in [6, 6.07) is 12.2. The second-order valence-electron chi connectivity index (χ2n) is 7.65. The van der Waals surface area contributed by atoms with E-state index in [-0.39, 0.29) is 31.2 Å². The molecule has 5 rings (SSSR count). The van der Waals surface area contributed by atoms with Crippen molar-refractivity contribution in [3.05, 3.63) is 64.6 Å². The lowest BCUT2D eigenvalue weighted by atomic mass is 10.2. The second-order valence-corrected chi connectivity index (χ2v) is 7.65. The topological polar surface area (TPSA) is 129 Å². The van der Waals surface area contributed by atoms with Crippen molar-refractivity contribution in [2.24, 2.45) is 0 Å². The van der Waals surface area contributed by atoms with Crippen LogP contribution in [0.5, 0.6) is 11.5 Å². The van der Waals surface area contributed by atoms with E-state index in [0.29, 0.717) is 22.9 Å². The van der Waals surface area contributed by atoms with Gasteiger partial charge in [-0.1, -0.05) is 6.07 Å². The van der Waals surface area contributed by atoms with Gasteiger partial charge in [0.25, 0.3) is 0 Å². The number of carbonyl (C=O) groups is 2. The van der Waals surface area contributed by atoms with Crippen molar-refractivity contribution >= 4 is 23.6 Å². The Kier molecular flexibility index (Phi) is 5.35. The molecule has 33 heavy (non-hydrogen) atoms. The van der Waals surface area contributed by atoms with Gasteiger partial charge in [-0.2, -0.15) is 9.36 Å². The molecule has 2 N–H and O–H groups in total. The fourth-order valence-electron chi connectivity index (χ4n) is 3.23. The Morgan fingerprint density at radius 2 is 1.85 bits per heavy atom. The van der Waals surface area contributed by atoms with Gasteiger partial charge in [-0.05, 0) is 71.3 Å². The lowest BCUT2D eigenvalue weighted by Gasteiger charge is -2.04. The highest BCUT2D eigenvalue weighted by Crippen LogP contribution is 2.32. The number of benzene rings is 2. The molecular formula is C22H20N6O5. The molecule has 11 nitrogen and oxygen atoms in total. The first-order valence-corrected chi connectivity index (χ1v) is 10.4. The first-order valence-electron chi connectivity index (χ1n) is 10.4. The predicted molar refractivity (Wildman–Crippen MR) is 117 cm³/mol. The van der Waals surface area contributed by atoms with Crippen LogP contribution < -0.4 is 25.8 Å². The summed E-state index contributed by atoms with van der Waals surface area (Å²) in [7, 11) is 0. The molecule has 0 radical (unpaired) electrons. The summed E-state index contributed by atoms with van der Waals surface area (Å²) in [5, 5.41) is 13.2. The zero-order valence-corrected chi connectivity index (χ0v) is 17.4. The van der Waals surface area contributed by atoms with Gasteiger partial charge in [0.2, 0.25) is 18.6 Å². The predicted octanol–water partition coefficient (Wildman–Crippen LogP) is 1.09. The Balaban J connectivity index is 1.20. The lowest BCUT2D eigenvalue weighted by molar-refractivity contribution is -0.122. The number of rotatable bonds is 7. The minimum absolute atomic E-state index is 0.181. The molecule has 0 bridgehead atoms. The number of ether oxygens (including phenoxy) is 2. The average Bonchev–Trinajstić information content (AvgIpc) is 3.37. The van der Waals surface area contributed by atoms with E-state index in [1.54, 1.807) is 42.5 Å². The number of nitrogens with zero attached hydrogens (tertiary/aromatic N) is 4. The van der Waals surface area contributed by atoms with E-state index in [2.05, 4.69) is 21.1 Å². The molecular weight excluding hydrogens is 428 g/mol. The van der Waals surface area contributed by atoms with Gasteiger partial charge in [0.15, 0.2) is 11.5 Å². The highest BCUT2D eigenvalue weighted by Gasteiger charge is 2.24. The molecule has 2 amide bonds. The van der Waals surface area contributed by atoms with Crippen LogP contribution in [0.3, 0.4) is 0 Å². The van der Waals surface area contributed by atoms with E-state index in [9.17, 15) is 14.4 Å². The summed E-state index contributed by atoms with van der Waals surface area (Å²) in [6.07, 6.45) is 5.01. The number of amides is 2. The molecule has 1 aliphatic carbocycles. The normalized spacial score (nSPS) is 14.4. The maximum Gasteiger partial charge on any atom is 0.368 e. The van der Waals surface area contributed by atoms with Gasteiger partial charge >= 0.3 is 5.69 Å². The van der Waals surface area contributed by atoms with Gasteiger partial charge in [0, 0.05) is 17.8 Å². The molecule has 0 unspecified atom stereocenters. The summed E-state index contributed by atoms with van der Waals surface area (Å²) in [5.74, 6) is 0.741. The first-order chi connectivity index (χ1) is 16.0. The van der Waals surface area contributed by atoms with Gasteiger partial charge in [0.1, 0.15) is 6.54 Å². The maximum absolute atomic E-state index is 12.5. The summed E-state index contributed by atoms with van der Waals surface area (Å²) in [5.41, 5.74) is 1.29. The fourth-order valence-corrected chi connectivity index (χ4v) is 3.23. The van der Waals surface area contributed by atoms with Crippen molar-refractivity contribution < 1.29 is 19.1 Å². The van der Waals surface area contributed by atoms with Gasteiger partial charge in [-0.15, -0.1) is 0 Å². The van der Waals surface area contributed by atoms with E-state index < -0.39 is 5.69 Å². The molecule has 0 atom stereocenters. The van der Waals surface area contributed by atoms with Crippen LogP contribution in [-0.4, -0.2) is 44.4 Å². The van der Waals surface area contributed by atoms with Crippen LogP contribution in [0.1, 0.15) is 18.4 Å². The largest absolute Gasteiger partial charge is 0.454 e. The second kappa shape index (κ2) is 8.61. The molecule has 1 saturated carbocycles. The van der Waals surface area contributed by atoms with Crippen molar-refractivity contribution in [2.45, 2.75) is 25.4 Å². The van der Waals surface area contributed by atoms with Gasteiger partial charge < -0.3 is 20.1 Å². The summed E-state index contributed by atoms with van der Waals surface area (Å²) < 4.78 is 12.7. The number of nitrogens with one attached hydrogen (secondary N) is 2. The SMILES string of the molecule is O=C(/C=C/c1ccc2c(c1)OCO2)Nc1ccc(-n2nnn(CC(=O)NC3CC3)c2=O)cc1. The molecule has 0 saturated heterocycles. The minimum Gasteiger partial charge on any atom is -0.454 e. The van der Waals surface area contributed by atoms with E-state index in [0.717, 1.165) is 27.8 Å². The number of fused-ring (bicyclic) bond motifs is 1. The van der Waals surface area contributed by atoms with Crippen LogP contribution in [0.15, 0.2) is 53.3 Å². The first kappa shape index (κ1) is 20.5. The molecule has 2 aliphatic rings. The Morgan fingerprint density at radius 3 is 2.64 bits per heavy atom. The Hall–Kier alpha value is -4.41.